The van der Waals surface area contributed by atoms with Crippen LogP contribution in [0.1, 0.15) is 37.8 Å². The van der Waals surface area contributed by atoms with E-state index >= 15 is 0 Å². The van der Waals surface area contributed by atoms with Gasteiger partial charge in [-0.3, -0.25) is 14.4 Å². The van der Waals surface area contributed by atoms with Crippen molar-refractivity contribution in [1.82, 2.24) is 4.90 Å². The van der Waals surface area contributed by atoms with Gasteiger partial charge in [0.05, 0.1) is 6.61 Å². The van der Waals surface area contributed by atoms with Crippen molar-refractivity contribution in [3.8, 4) is 0 Å². The number of amides is 1. The van der Waals surface area contributed by atoms with Gasteiger partial charge in [-0.2, -0.15) is 0 Å². The number of ether oxygens (including phenoxy) is 2. The fourth-order valence-corrected chi connectivity index (χ4v) is 2.96. The van der Waals surface area contributed by atoms with Crippen molar-refractivity contribution in [1.29, 1.82) is 0 Å². The van der Waals surface area contributed by atoms with Gasteiger partial charge in [0.1, 0.15) is 13.2 Å². The summed E-state index contributed by atoms with van der Waals surface area (Å²) in [6, 6.07) is 18.9. The zero-order valence-electron chi connectivity index (χ0n) is 17.6. The summed E-state index contributed by atoms with van der Waals surface area (Å²) in [5.41, 5.74) is 1.84. The number of rotatable bonds is 11. The summed E-state index contributed by atoms with van der Waals surface area (Å²) in [5, 5.41) is 0. The van der Waals surface area contributed by atoms with Crippen LogP contribution in [0.3, 0.4) is 0 Å². The van der Waals surface area contributed by atoms with Crippen LogP contribution in [0.4, 0.5) is 0 Å². The maximum absolute atomic E-state index is 12.9. The molecule has 0 unspecified atom stereocenters. The van der Waals surface area contributed by atoms with E-state index in [4.69, 9.17) is 9.47 Å². The van der Waals surface area contributed by atoms with E-state index in [9.17, 15) is 14.4 Å². The molecule has 0 saturated carbocycles. The van der Waals surface area contributed by atoms with Crippen LogP contribution in [-0.4, -0.2) is 35.9 Å². The van der Waals surface area contributed by atoms with Crippen LogP contribution < -0.4 is 0 Å². The molecule has 0 fully saturated rings. The number of benzene rings is 2. The van der Waals surface area contributed by atoms with Crippen LogP contribution in [-0.2, 0) is 37.0 Å². The van der Waals surface area contributed by atoms with E-state index < -0.39 is 11.9 Å². The fourth-order valence-electron chi connectivity index (χ4n) is 2.96. The maximum atomic E-state index is 12.9. The zero-order valence-corrected chi connectivity index (χ0v) is 17.6. The van der Waals surface area contributed by atoms with E-state index in [0.717, 1.165) is 11.1 Å². The summed E-state index contributed by atoms with van der Waals surface area (Å²) < 4.78 is 10.3. The number of carbonyl (C=O) groups is 3. The van der Waals surface area contributed by atoms with Crippen LogP contribution in [0.15, 0.2) is 60.7 Å². The monoisotopic (exact) mass is 411 g/mol. The Morgan fingerprint density at radius 2 is 1.47 bits per heavy atom. The van der Waals surface area contributed by atoms with Crippen molar-refractivity contribution in [2.75, 3.05) is 13.2 Å². The van der Waals surface area contributed by atoms with Gasteiger partial charge in [0.15, 0.2) is 0 Å². The molecule has 6 heteroatoms. The highest BCUT2D eigenvalue weighted by atomic mass is 16.5. The molecule has 0 N–H and O–H groups in total. The molecular weight excluding hydrogens is 382 g/mol. The molecule has 2 rings (SSSR count). The van der Waals surface area contributed by atoms with Crippen molar-refractivity contribution in [3.63, 3.8) is 0 Å². The first-order chi connectivity index (χ1) is 14.5. The molecule has 30 heavy (non-hydrogen) atoms. The number of carbonyl (C=O) groups excluding carboxylic acids is 3. The third-order valence-electron chi connectivity index (χ3n) is 4.60. The van der Waals surface area contributed by atoms with Crippen molar-refractivity contribution in [2.24, 2.45) is 5.92 Å². The Bertz CT molecular complexity index is 807. The predicted molar refractivity (Wildman–Crippen MR) is 113 cm³/mol. The third kappa shape index (κ3) is 8.07. The summed E-state index contributed by atoms with van der Waals surface area (Å²) in [6.07, 6.45) is 0.485. The van der Waals surface area contributed by atoms with Crippen LogP contribution in [0.2, 0.25) is 0 Å². The highest BCUT2D eigenvalue weighted by Crippen LogP contribution is 2.14. The molecular formula is C24H29NO5. The lowest BCUT2D eigenvalue weighted by molar-refractivity contribution is -0.151. The molecule has 0 heterocycles. The molecule has 0 bridgehead atoms. The molecule has 0 aliphatic rings. The van der Waals surface area contributed by atoms with E-state index in [1.54, 1.807) is 13.8 Å². The summed E-state index contributed by atoms with van der Waals surface area (Å²) in [7, 11) is 0. The van der Waals surface area contributed by atoms with Gasteiger partial charge in [-0.15, -0.1) is 0 Å². The molecule has 2 aromatic rings. The summed E-state index contributed by atoms with van der Waals surface area (Å²) in [4.78, 5) is 38.4. The van der Waals surface area contributed by atoms with Gasteiger partial charge in [-0.05, 0) is 24.5 Å². The molecule has 0 saturated heterocycles. The zero-order chi connectivity index (χ0) is 21.8. The first-order valence-corrected chi connectivity index (χ1v) is 10.2. The van der Waals surface area contributed by atoms with E-state index in [0.29, 0.717) is 13.0 Å². The standard InChI is InChI=1S/C24H29NO5/c1-3-29-23(27)17-25(16-20-10-6-4-7-11-20)24(28)19(2)14-15-22(26)30-18-21-12-8-5-9-13-21/h4-13,19H,3,14-18H2,1-2H3/t19-/m0/s1. The van der Waals surface area contributed by atoms with Crippen molar-refractivity contribution in [2.45, 2.75) is 39.8 Å². The van der Waals surface area contributed by atoms with Crippen LogP contribution in [0.5, 0.6) is 0 Å². The van der Waals surface area contributed by atoms with Crippen molar-refractivity contribution in [3.05, 3.63) is 71.8 Å². The highest BCUT2D eigenvalue weighted by molar-refractivity contribution is 5.84. The average Bonchev–Trinajstić information content (AvgIpc) is 2.76. The Balaban J connectivity index is 1.89. The molecule has 2 aromatic carbocycles. The first kappa shape index (κ1) is 23.1. The third-order valence-corrected chi connectivity index (χ3v) is 4.60. The largest absolute Gasteiger partial charge is 0.465 e. The second-order valence-corrected chi connectivity index (χ2v) is 7.07. The second kappa shape index (κ2) is 12.4. The Morgan fingerprint density at radius 3 is 2.07 bits per heavy atom. The molecule has 6 nitrogen and oxygen atoms in total. The lowest BCUT2D eigenvalue weighted by Gasteiger charge is -2.25. The predicted octanol–water partition coefficient (Wildman–Crippen LogP) is 3.74. The van der Waals surface area contributed by atoms with Gasteiger partial charge in [0.25, 0.3) is 0 Å². The fraction of sp³-hybridized carbons (Fsp3) is 0.375. The van der Waals surface area contributed by atoms with Gasteiger partial charge in [0.2, 0.25) is 5.91 Å². The van der Waals surface area contributed by atoms with Crippen LogP contribution >= 0.6 is 0 Å². The minimum atomic E-state index is -0.448. The molecule has 0 radical (unpaired) electrons. The van der Waals surface area contributed by atoms with Gasteiger partial charge in [-0.25, -0.2) is 0 Å². The van der Waals surface area contributed by atoms with E-state index in [2.05, 4.69) is 0 Å². The lowest BCUT2D eigenvalue weighted by Crippen LogP contribution is -2.39. The minimum absolute atomic E-state index is 0.121. The molecule has 0 aliphatic carbocycles. The Kier molecular flexibility index (Phi) is 9.58. The number of esters is 2. The maximum Gasteiger partial charge on any atom is 0.325 e. The molecule has 0 aliphatic heterocycles. The van der Waals surface area contributed by atoms with Crippen molar-refractivity contribution < 1.29 is 23.9 Å². The molecule has 0 aromatic heterocycles. The SMILES string of the molecule is CCOC(=O)CN(Cc1ccccc1)C(=O)[C@@H](C)CCC(=O)OCc1ccccc1. The number of nitrogens with zero attached hydrogens (tertiary/aromatic N) is 1. The quantitative estimate of drug-likeness (QED) is 0.527. The first-order valence-electron chi connectivity index (χ1n) is 10.2. The van der Waals surface area contributed by atoms with Crippen molar-refractivity contribution >= 4 is 17.8 Å². The Morgan fingerprint density at radius 1 is 0.867 bits per heavy atom. The molecule has 160 valence electrons. The van der Waals surface area contributed by atoms with Gasteiger partial charge in [0, 0.05) is 18.9 Å². The molecule has 1 amide bonds. The average molecular weight is 411 g/mol. The van der Waals surface area contributed by atoms with Crippen LogP contribution in [0, 0.1) is 5.92 Å². The normalized spacial score (nSPS) is 11.4. The highest BCUT2D eigenvalue weighted by Gasteiger charge is 2.24. The molecule has 0 spiro atoms. The summed E-state index contributed by atoms with van der Waals surface area (Å²) >= 11 is 0. The van der Waals surface area contributed by atoms with Crippen LogP contribution in [0.25, 0.3) is 0 Å². The Labute approximate surface area is 177 Å². The smallest absolute Gasteiger partial charge is 0.325 e. The number of hydrogen-bond donors (Lipinski definition) is 0. The van der Waals surface area contributed by atoms with Gasteiger partial charge in [-0.1, -0.05) is 67.6 Å². The molecule has 1 atom stereocenters. The second-order valence-electron chi connectivity index (χ2n) is 7.07. The van der Waals surface area contributed by atoms with E-state index in [-0.39, 0.29) is 38.1 Å². The number of hydrogen-bond acceptors (Lipinski definition) is 5. The minimum Gasteiger partial charge on any atom is -0.465 e. The topological polar surface area (TPSA) is 72.9 Å². The summed E-state index contributed by atoms with van der Waals surface area (Å²) in [5.74, 6) is -1.41. The summed E-state index contributed by atoms with van der Waals surface area (Å²) in [6.45, 7) is 4.15. The Hall–Kier alpha value is -3.15. The lowest BCUT2D eigenvalue weighted by atomic mass is 10.0. The van der Waals surface area contributed by atoms with Gasteiger partial charge < -0.3 is 14.4 Å². The van der Waals surface area contributed by atoms with E-state index in [1.165, 1.54) is 4.90 Å². The van der Waals surface area contributed by atoms with E-state index in [1.807, 2.05) is 60.7 Å². The van der Waals surface area contributed by atoms with Gasteiger partial charge >= 0.3 is 11.9 Å².